The van der Waals surface area contributed by atoms with Crippen LogP contribution in [-0.2, 0) is 6.54 Å². The summed E-state index contributed by atoms with van der Waals surface area (Å²) in [6.07, 6.45) is -3.42. The fourth-order valence-corrected chi connectivity index (χ4v) is 1.93. The summed E-state index contributed by atoms with van der Waals surface area (Å²) in [6, 6.07) is 1.35. The molecular weight excluding hydrogens is 341 g/mol. The molecule has 0 amide bonds. The minimum absolute atomic E-state index is 0.209. The number of nitroso groups, excluding NO2 is 1. The molecule has 1 aromatic carbocycles. The molecule has 0 saturated carbocycles. The van der Waals surface area contributed by atoms with Crippen LogP contribution in [0.4, 0.5) is 22.0 Å². The van der Waals surface area contributed by atoms with Gasteiger partial charge in [-0.05, 0) is 28.9 Å². The summed E-state index contributed by atoms with van der Waals surface area (Å²) in [4.78, 5) is 24.4. The quantitative estimate of drug-likeness (QED) is 0.642. The van der Waals surface area contributed by atoms with E-state index in [-0.39, 0.29) is 10.1 Å². The molecule has 0 saturated heterocycles. The predicted octanol–water partition coefficient (Wildman–Crippen LogP) is 1.06. The molecule has 24 heavy (non-hydrogen) atoms. The molecule has 2 rings (SSSR count). The normalized spacial score (nSPS) is 13.5. The number of phenols is 1. The Balaban J connectivity index is 2.68. The van der Waals surface area contributed by atoms with Crippen molar-refractivity contribution < 1.29 is 27.1 Å². The fraction of sp³-hybridized carbons (Fsp3) is 0.154. The average molecular weight is 349 g/mol. The smallest absolute Gasteiger partial charge is 0.406 e. The van der Waals surface area contributed by atoms with Crippen LogP contribution in [0.25, 0.3) is 12.3 Å². The van der Waals surface area contributed by atoms with Crippen molar-refractivity contribution in [2.45, 2.75) is 12.7 Å². The number of halogens is 5. The maximum atomic E-state index is 13.3. The molecule has 0 radical (unpaired) electrons. The van der Waals surface area contributed by atoms with Crippen molar-refractivity contribution in [3.05, 3.63) is 55.4 Å². The van der Waals surface area contributed by atoms with E-state index in [1.807, 2.05) is 0 Å². The van der Waals surface area contributed by atoms with Gasteiger partial charge in [-0.25, -0.2) is 8.78 Å². The van der Waals surface area contributed by atoms with E-state index in [0.717, 1.165) is 6.08 Å². The van der Waals surface area contributed by atoms with Gasteiger partial charge in [0.25, 0.3) is 5.56 Å². The fourth-order valence-electron chi connectivity index (χ4n) is 1.93. The Bertz CT molecular complexity index is 936. The lowest BCUT2D eigenvalue weighted by molar-refractivity contribution is -0.141. The van der Waals surface area contributed by atoms with Gasteiger partial charge in [-0.1, -0.05) is 0 Å². The number of H-pyrrole nitrogens is 1. The van der Waals surface area contributed by atoms with Crippen molar-refractivity contribution in [2.75, 3.05) is 0 Å². The molecule has 0 aliphatic heterocycles. The highest BCUT2D eigenvalue weighted by Gasteiger charge is 2.29. The number of hydrogen-bond donors (Lipinski definition) is 2. The van der Waals surface area contributed by atoms with Gasteiger partial charge in [-0.3, -0.25) is 9.36 Å². The number of aromatic hydroxyl groups is 1. The Morgan fingerprint density at radius 1 is 1.25 bits per heavy atom. The number of phenolic OH excluding ortho intramolecular Hbond substituents is 1. The van der Waals surface area contributed by atoms with Gasteiger partial charge in [-0.2, -0.15) is 13.2 Å². The van der Waals surface area contributed by atoms with Crippen LogP contribution in [0.5, 0.6) is 5.75 Å². The zero-order valence-corrected chi connectivity index (χ0v) is 11.6. The molecular formula is C13H8F5N3O3. The summed E-state index contributed by atoms with van der Waals surface area (Å²) in [5.41, 5.74) is -1.93. The topological polar surface area (TPSA) is 87.5 Å². The van der Waals surface area contributed by atoms with E-state index in [2.05, 4.69) is 10.2 Å². The van der Waals surface area contributed by atoms with E-state index < -0.39 is 46.5 Å². The summed E-state index contributed by atoms with van der Waals surface area (Å²) < 4.78 is 64.2. The van der Waals surface area contributed by atoms with Gasteiger partial charge in [-0.15, -0.1) is 4.91 Å². The third-order valence-electron chi connectivity index (χ3n) is 2.89. The Kier molecular flexibility index (Phi) is 4.53. The van der Waals surface area contributed by atoms with Crippen LogP contribution in [0, 0.1) is 16.5 Å². The van der Waals surface area contributed by atoms with Crippen LogP contribution in [0.3, 0.4) is 0 Å². The second-order valence-corrected chi connectivity index (χ2v) is 4.64. The van der Waals surface area contributed by atoms with Gasteiger partial charge in [0.15, 0.2) is 17.4 Å². The highest BCUT2D eigenvalue weighted by Crippen LogP contribution is 2.21. The maximum Gasteiger partial charge on any atom is 0.406 e. The number of aromatic amines is 1. The molecule has 0 spiro atoms. The lowest BCUT2D eigenvalue weighted by Crippen LogP contribution is -2.36. The van der Waals surface area contributed by atoms with Crippen LogP contribution in [0.2, 0.25) is 0 Å². The Hall–Kier alpha value is -2.98. The molecule has 0 bridgehead atoms. The Morgan fingerprint density at radius 3 is 2.33 bits per heavy atom. The van der Waals surface area contributed by atoms with E-state index in [4.69, 9.17) is 5.11 Å². The van der Waals surface area contributed by atoms with E-state index in [0.29, 0.717) is 18.3 Å². The summed E-state index contributed by atoms with van der Waals surface area (Å²) in [5.74, 6) is -3.86. The number of nitrogens with zero attached hydrogens (tertiary/aromatic N) is 2. The van der Waals surface area contributed by atoms with Crippen molar-refractivity contribution in [2.24, 2.45) is 5.18 Å². The molecule has 0 atom stereocenters. The number of aromatic nitrogens is 2. The first-order valence-corrected chi connectivity index (χ1v) is 6.20. The molecule has 6 nitrogen and oxygen atoms in total. The maximum absolute atomic E-state index is 13.3. The van der Waals surface area contributed by atoms with Crippen molar-refractivity contribution in [1.82, 2.24) is 9.55 Å². The van der Waals surface area contributed by atoms with E-state index in [9.17, 15) is 31.7 Å². The third kappa shape index (κ3) is 3.67. The van der Waals surface area contributed by atoms with Crippen LogP contribution in [-0.4, -0.2) is 20.8 Å². The summed E-state index contributed by atoms with van der Waals surface area (Å²) in [6.45, 7) is -1.68. The van der Waals surface area contributed by atoms with Crippen molar-refractivity contribution in [1.29, 1.82) is 0 Å². The highest BCUT2D eigenvalue weighted by atomic mass is 19.4. The number of nitrogens with one attached hydrogen (secondary N) is 1. The van der Waals surface area contributed by atoms with Crippen LogP contribution >= 0.6 is 0 Å². The van der Waals surface area contributed by atoms with Crippen molar-refractivity contribution in [3.8, 4) is 5.75 Å². The molecule has 2 N–H and O–H groups in total. The van der Waals surface area contributed by atoms with Crippen LogP contribution in [0.15, 0.2) is 22.1 Å². The average Bonchev–Trinajstić information content (AvgIpc) is 2.72. The monoisotopic (exact) mass is 349 g/mol. The van der Waals surface area contributed by atoms with Crippen LogP contribution < -0.4 is 16.4 Å². The number of benzene rings is 1. The first-order chi connectivity index (χ1) is 11.1. The minimum atomic E-state index is -4.74. The number of rotatable bonds is 3. The number of alkyl halides is 3. The van der Waals surface area contributed by atoms with Gasteiger partial charge in [0.05, 0.1) is 0 Å². The zero-order chi connectivity index (χ0) is 18.1. The molecule has 0 fully saturated rings. The molecule has 1 aromatic heterocycles. The molecule has 0 aliphatic carbocycles. The molecule has 128 valence electrons. The Morgan fingerprint density at radius 2 is 1.83 bits per heavy atom. The summed E-state index contributed by atoms with van der Waals surface area (Å²) in [7, 11) is 0. The first kappa shape index (κ1) is 17.4. The van der Waals surface area contributed by atoms with Gasteiger partial charge in [0.1, 0.15) is 23.6 Å². The summed E-state index contributed by atoms with van der Waals surface area (Å²) in [5, 5.41) is 10.8. The van der Waals surface area contributed by atoms with Gasteiger partial charge < -0.3 is 10.1 Å². The largest absolute Gasteiger partial charge is 0.503 e. The predicted molar refractivity (Wildman–Crippen MR) is 72.2 cm³/mol. The number of hydrogen-bond acceptors (Lipinski definition) is 4. The minimum Gasteiger partial charge on any atom is -0.503 e. The second-order valence-electron chi connectivity index (χ2n) is 4.64. The SMILES string of the molecule is O=NC=c1[nH]/c(=C\c2cc(F)c(O)c(F)c2)c(=O)n1CC(F)(F)F. The van der Waals surface area contributed by atoms with Crippen LogP contribution in [0.1, 0.15) is 5.56 Å². The van der Waals surface area contributed by atoms with Gasteiger partial charge in [0, 0.05) is 0 Å². The summed E-state index contributed by atoms with van der Waals surface area (Å²) >= 11 is 0. The first-order valence-electron chi connectivity index (χ1n) is 6.20. The lowest BCUT2D eigenvalue weighted by atomic mass is 10.2. The standard InChI is InChI=1S/C13H8F5N3O3/c14-7-1-6(2-8(15)11(7)22)3-9-12(23)21(5-13(16,17)18)10(20-9)4-19-24/h1-4,20,22H,5H2/b9-3-,10-4?. The second kappa shape index (κ2) is 6.26. The van der Waals surface area contributed by atoms with E-state index in [1.54, 1.807) is 0 Å². The van der Waals surface area contributed by atoms with Gasteiger partial charge >= 0.3 is 6.18 Å². The number of imidazole rings is 1. The zero-order valence-electron chi connectivity index (χ0n) is 11.6. The molecule has 11 heteroatoms. The molecule has 0 aliphatic rings. The molecule has 2 aromatic rings. The third-order valence-corrected chi connectivity index (χ3v) is 2.89. The van der Waals surface area contributed by atoms with Gasteiger partial charge in [0.2, 0.25) is 0 Å². The van der Waals surface area contributed by atoms with Crippen molar-refractivity contribution >= 4 is 12.3 Å². The molecule has 0 unspecified atom stereocenters. The Labute approximate surface area is 129 Å². The molecule has 1 heterocycles. The van der Waals surface area contributed by atoms with E-state index in [1.165, 1.54) is 0 Å². The van der Waals surface area contributed by atoms with Crippen molar-refractivity contribution in [3.63, 3.8) is 0 Å². The lowest BCUT2D eigenvalue weighted by Gasteiger charge is -2.05. The van der Waals surface area contributed by atoms with E-state index >= 15 is 0 Å². The highest BCUT2D eigenvalue weighted by molar-refractivity contribution is 5.50.